The van der Waals surface area contributed by atoms with Crippen LogP contribution in [0.25, 0.3) is 10.9 Å². The zero-order chi connectivity index (χ0) is 16.5. The molecule has 2 rings (SSSR count). The largest absolute Gasteiger partial charge is 0.409 e. The van der Waals surface area contributed by atoms with Crippen LogP contribution in [0.15, 0.2) is 23.5 Å². The first-order valence-corrected chi connectivity index (χ1v) is 7.09. The van der Waals surface area contributed by atoms with E-state index in [0.717, 1.165) is 23.9 Å². The number of hydrogen-bond acceptors (Lipinski definition) is 5. The number of rotatable bonds is 5. The Morgan fingerprint density at radius 2 is 2.14 bits per heavy atom. The lowest BCUT2D eigenvalue weighted by Gasteiger charge is -2.05. The molecule has 0 radical (unpaired) electrons. The van der Waals surface area contributed by atoms with Gasteiger partial charge >= 0.3 is 6.15 Å². The first kappa shape index (κ1) is 17.7. The van der Waals surface area contributed by atoms with E-state index in [1.807, 2.05) is 10.7 Å². The Bertz CT molecular complexity index is 691. The number of oxime groups is 1. The third kappa shape index (κ3) is 4.31. The summed E-state index contributed by atoms with van der Waals surface area (Å²) < 4.78 is 1.94. The maximum absolute atomic E-state index is 8.72. The molecule has 1 heterocycles. The lowest BCUT2D eigenvalue weighted by Crippen LogP contribution is -2.13. The molecule has 0 aliphatic rings. The van der Waals surface area contributed by atoms with Crippen LogP contribution in [0.1, 0.15) is 31.7 Å². The highest BCUT2D eigenvalue weighted by atomic mass is 35.5. The molecule has 1 aromatic carbocycles. The molecule has 2 aromatic rings. The maximum atomic E-state index is 8.72. The molecular weight excluding hydrogens is 308 g/mol. The topological polar surface area (TPSA) is 111 Å². The summed E-state index contributed by atoms with van der Waals surface area (Å²) in [5, 5.41) is 17.4. The summed E-state index contributed by atoms with van der Waals surface area (Å²) in [7, 11) is 0. The van der Waals surface area contributed by atoms with Crippen LogP contribution >= 0.6 is 11.6 Å². The molecule has 0 amide bonds. The number of amidine groups is 1. The van der Waals surface area contributed by atoms with Crippen molar-refractivity contribution >= 4 is 34.5 Å². The number of aromatic nitrogens is 2. The Balaban J connectivity index is 0.000000745. The molecule has 1 aromatic heterocycles. The molecule has 0 bridgehead atoms. The zero-order valence-electron chi connectivity index (χ0n) is 12.1. The number of hydrogen-bond donors (Lipinski definition) is 2. The highest BCUT2D eigenvalue weighted by molar-refractivity contribution is 6.34. The van der Waals surface area contributed by atoms with E-state index < -0.39 is 0 Å². The van der Waals surface area contributed by atoms with Crippen molar-refractivity contribution in [3.05, 3.63) is 28.9 Å². The van der Waals surface area contributed by atoms with Crippen LogP contribution in [-0.4, -0.2) is 27.0 Å². The number of halogens is 1. The van der Waals surface area contributed by atoms with Gasteiger partial charge in [-0.05, 0) is 18.6 Å². The number of fused-ring (bicyclic) bond motifs is 1. The number of unbranched alkanes of at least 4 members (excludes halogenated alkanes) is 2. The summed E-state index contributed by atoms with van der Waals surface area (Å²) in [6.45, 7) is 3.04. The fourth-order valence-electron chi connectivity index (χ4n) is 2.04. The van der Waals surface area contributed by atoms with Gasteiger partial charge in [-0.15, -0.1) is 0 Å². The molecule has 0 fully saturated rings. The average Bonchev–Trinajstić information content (AvgIpc) is 2.89. The van der Waals surface area contributed by atoms with Gasteiger partial charge in [0.2, 0.25) is 0 Å². The highest BCUT2D eigenvalue weighted by Gasteiger charge is 2.10. The lowest BCUT2D eigenvalue weighted by atomic mass is 10.1. The molecule has 8 heteroatoms. The quantitative estimate of drug-likeness (QED) is 0.288. The molecular formula is C14H17ClN4O3. The van der Waals surface area contributed by atoms with E-state index in [1.165, 1.54) is 12.8 Å². The maximum Gasteiger partial charge on any atom is 0.373 e. The fraction of sp³-hybridized carbons (Fsp3) is 0.357. The van der Waals surface area contributed by atoms with Gasteiger partial charge in [0.25, 0.3) is 0 Å². The van der Waals surface area contributed by atoms with Crippen LogP contribution in [0.4, 0.5) is 0 Å². The SMILES string of the molecule is CCCCCn1ncc2cc(/C(N)=N\O)c(Cl)cc21.O=C=O. The van der Waals surface area contributed by atoms with Gasteiger partial charge in [-0.1, -0.05) is 36.5 Å². The van der Waals surface area contributed by atoms with Gasteiger partial charge in [0.05, 0.1) is 16.7 Å². The monoisotopic (exact) mass is 324 g/mol. The molecule has 0 aliphatic heterocycles. The molecule has 7 nitrogen and oxygen atoms in total. The van der Waals surface area contributed by atoms with Crippen molar-refractivity contribution in [2.24, 2.45) is 10.9 Å². The third-order valence-electron chi connectivity index (χ3n) is 3.09. The summed E-state index contributed by atoms with van der Waals surface area (Å²) in [6, 6.07) is 3.60. The van der Waals surface area contributed by atoms with Crippen molar-refractivity contribution in [1.82, 2.24) is 9.78 Å². The van der Waals surface area contributed by atoms with E-state index in [4.69, 9.17) is 32.1 Å². The standard InChI is InChI=1S/C13H17ClN4O.CO2/c1-2-3-4-5-18-12-7-11(14)10(13(15)17-19)6-9(12)8-16-18;2-1-3/h6-8,19H,2-5H2,1H3,(H2,15,17);. The van der Waals surface area contributed by atoms with Gasteiger partial charge in [-0.25, -0.2) is 0 Å². The predicted molar refractivity (Wildman–Crippen MR) is 81.8 cm³/mol. The minimum Gasteiger partial charge on any atom is -0.409 e. The smallest absolute Gasteiger partial charge is 0.373 e. The second kappa shape index (κ2) is 8.81. The first-order chi connectivity index (χ1) is 10.6. The van der Waals surface area contributed by atoms with Crippen molar-refractivity contribution in [2.45, 2.75) is 32.7 Å². The first-order valence-electron chi connectivity index (χ1n) is 6.71. The number of carbonyl (C=O) groups excluding carboxylic acids is 2. The van der Waals surface area contributed by atoms with Crippen molar-refractivity contribution in [3.8, 4) is 0 Å². The molecule has 118 valence electrons. The Morgan fingerprint density at radius 3 is 2.73 bits per heavy atom. The molecule has 0 aliphatic carbocycles. The van der Waals surface area contributed by atoms with E-state index in [9.17, 15) is 0 Å². The number of nitrogens with zero attached hydrogens (tertiary/aromatic N) is 3. The van der Waals surface area contributed by atoms with Gasteiger partial charge in [-0.3, -0.25) is 4.68 Å². The zero-order valence-corrected chi connectivity index (χ0v) is 12.9. The average molecular weight is 325 g/mol. The van der Waals surface area contributed by atoms with Gasteiger partial charge in [0.1, 0.15) is 0 Å². The van der Waals surface area contributed by atoms with Crippen molar-refractivity contribution in [3.63, 3.8) is 0 Å². The number of nitrogens with two attached hydrogens (primary N) is 1. The van der Waals surface area contributed by atoms with Gasteiger partial charge in [0, 0.05) is 17.5 Å². The van der Waals surface area contributed by atoms with E-state index in [2.05, 4.69) is 17.2 Å². The highest BCUT2D eigenvalue weighted by Crippen LogP contribution is 2.24. The lowest BCUT2D eigenvalue weighted by molar-refractivity contribution is -0.191. The molecule has 0 spiro atoms. The van der Waals surface area contributed by atoms with E-state index >= 15 is 0 Å². The van der Waals surface area contributed by atoms with Crippen LogP contribution in [0.5, 0.6) is 0 Å². The van der Waals surface area contributed by atoms with Gasteiger partial charge in [0.15, 0.2) is 5.84 Å². The van der Waals surface area contributed by atoms with Crippen LogP contribution in [0.3, 0.4) is 0 Å². The Morgan fingerprint density at radius 1 is 1.45 bits per heavy atom. The van der Waals surface area contributed by atoms with Crippen LogP contribution < -0.4 is 5.73 Å². The second-order valence-electron chi connectivity index (χ2n) is 4.53. The summed E-state index contributed by atoms with van der Waals surface area (Å²) in [5.74, 6) is 0.00522. The molecule has 3 N–H and O–H groups in total. The Hall–Kier alpha value is -2.37. The molecule has 22 heavy (non-hydrogen) atoms. The number of aryl methyl sites for hydroxylation is 1. The molecule has 0 saturated carbocycles. The molecule has 0 atom stereocenters. The number of benzene rings is 1. The van der Waals surface area contributed by atoms with Crippen molar-refractivity contribution in [2.75, 3.05) is 0 Å². The summed E-state index contributed by atoms with van der Waals surface area (Å²) in [6.07, 6.45) is 5.46. The third-order valence-corrected chi connectivity index (χ3v) is 3.40. The van der Waals surface area contributed by atoms with E-state index in [-0.39, 0.29) is 12.0 Å². The predicted octanol–water partition coefficient (Wildman–Crippen LogP) is 2.39. The van der Waals surface area contributed by atoms with Crippen molar-refractivity contribution in [1.29, 1.82) is 0 Å². The summed E-state index contributed by atoms with van der Waals surface area (Å²) >= 11 is 6.15. The van der Waals surface area contributed by atoms with Gasteiger partial charge in [-0.2, -0.15) is 14.7 Å². The normalized spacial score (nSPS) is 10.9. The van der Waals surface area contributed by atoms with E-state index in [1.54, 1.807) is 12.3 Å². The minimum atomic E-state index is 0.00522. The van der Waals surface area contributed by atoms with Gasteiger partial charge < -0.3 is 10.9 Å². The summed E-state index contributed by atoms with van der Waals surface area (Å²) in [4.78, 5) is 16.2. The molecule has 0 unspecified atom stereocenters. The van der Waals surface area contributed by atoms with E-state index in [0.29, 0.717) is 10.6 Å². The Labute approximate surface area is 132 Å². The second-order valence-corrected chi connectivity index (χ2v) is 4.94. The minimum absolute atomic E-state index is 0.00522. The molecule has 0 saturated heterocycles. The summed E-state index contributed by atoms with van der Waals surface area (Å²) in [5.41, 5.74) is 7.07. The van der Waals surface area contributed by atoms with Crippen LogP contribution in [0, 0.1) is 0 Å². The Kier molecular flexibility index (Phi) is 7.08. The van der Waals surface area contributed by atoms with Crippen LogP contribution in [0.2, 0.25) is 5.02 Å². The van der Waals surface area contributed by atoms with Crippen molar-refractivity contribution < 1.29 is 14.8 Å². The fourth-order valence-corrected chi connectivity index (χ4v) is 2.30. The van der Waals surface area contributed by atoms with Crippen LogP contribution in [-0.2, 0) is 16.1 Å².